The predicted octanol–water partition coefficient (Wildman–Crippen LogP) is 5.52. The van der Waals surface area contributed by atoms with E-state index in [0.29, 0.717) is 34.1 Å². The zero-order chi connectivity index (χ0) is 24.2. The Morgan fingerprint density at radius 2 is 1.79 bits per heavy atom. The van der Waals surface area contributed by atoms with Crippen molar-refractivity contribution >= 4 is 34.3 Å². The van der Waals surface area contributed by atoms with Crippen LogP contribution in [0.4, 0.5) is 5.69 Å². The number of benzene rings is 3. The minimum absolute atomic E-state index is 0.161. The van der Waals surface area contributed by atoms with Gasteiger partial charge in [0.05, 0.1) is 34.1 Å². The summed E-state index contributed by atoms with van der Waals surface area (Å²) in [5.41, 5.74) is 3.99. The Bertz CT molecular complexity index is 1410. The van der Waals surface area contributed by atoms with Gasteiger partial charge in [-0.1, -0.05) is 42.1 Å². The molecule has 1 unspecified atom stereocenters. The van der Waals surface area contributed by atoms with E-state index in [-0.39, 0.29) is 11.5 Å². The maximum atomic E-state index is 13.5. The molecule has 0 fully saturated rings. The van der Waals surface area contributed by atoms with E-state index in [1.165, 1.54) is 11.8 Å². The number of carbonyl (C=O) groups excluding carboxylic acids is 1. The molecule has 1 N–H and O–H groups in total. The first-order chi connectivity index (χ1) is 16.4. The lowest BCUT2D eigenvalue weighted by Gasteiger charge is -2.18. The monoisotopic (exact) mass is 473 g/mol. The number of hydrogen-bond donors (Lipinski definition) is 1. The quantitative estimate of drug-likeness (QED) is 0.283. The number of para-hydroxylation sites is 3. The average molecular weight is 474 g/mol. The van der Waals surface area contributed by atoms with E-state index in [0.717, 1.165) is 16.8 Å². The van der Waals surface area contributed by atoms with Crippen molar-refractivity contribution in [3.05, 3.63) is 88.2 Å². The van der Waals surface area contributed by atoms with Gasteiger partial charge in [-0.2, -0.15) is 0 Å². The highest BCUT2D eigenvalue weighted by Gasteiger charge is 2.21. The number of hydrogen-bond acceptors (Lipinski definition) is 5. The number of carbonyl (C=O) groups is 1. The lowest BCUT2D eigenvalue weighted by molar-refractivity contribution is -0.115. The van der Waals surface area contributed by atoms with Crippen LogP contribution in [0.1, 0.15) is 25.0 Å². The van der Waals surface area contributed by atoms with Gasteiger partial charge in [-0.15, -0.1) is 0 Å². The zero-order valence-corrected chi connectivity index (χ0v) is 20.5. The molecule has 4 aromatic rings. The zero-order valence-electron chi connectivity index (χ0n) is 19.7. The van der Waals surface area contributed by atoms with Crippen LogP contribution < -0.4 is 15.6 Å². The van der Waals surface area contributed by atoms with Crippen LogP contribution in [0, 0.1) is 13.8 Å². The van der Waals surface area contributed by atoms with Crippen LogP contribution in [0.2, 0.25) is 0 Å². The molecular formula is C27H27N3O3S. The number of amides is 1. The molecule has 1 amide bonds. The van der Waals surface area contributed by atoms with Crippen LogP contribution in [0.3, 0.4) is 0 Å². The van der Waals surface area contributed by atoms with E-state index in [4.69, 9.17) is 9.72 Å². The Morgan fingerprint density at radius 1 is 1.06 bits per heavy atom. The van der Waals surface area contributed by atoms with E-state index in [1.807, 2.05) is 75.4 Å². The maximum Gasteiger partial charge on any atom is 0.266 e. The molecular weight excluding hydrogens is 446 g/mol. The van der Waals surface area contributed by atoms with Crippen LogP contribution in [0.5, 0.6) is 5.75 Å². The third kappa shape index (κ3) is 4.84. The fraction of sp³-hybridized carbons (Fsp3) is 0.222. The SMILES string of the molecule is CCOc1ccccc1NC(=O)C(C)Sc1nc2ccccc2c(=O)n1-c1ccc(C)c(C)c1. The van der Waals surface area contributed by atoms with Gasteiger partial charge in [-0.05, 0) is 75.2 Å². The van der Waals surface area contributed by atoms with Crippen molar-refractivity contribution in [3.8, 4) is 11.4 Å². The van der Waals surface area contributed by atoms with Crippen LogP contribution in [0.15, 0.2) is 76.7 Å². The van der Waals surface area contributed by atoms with Gasteiger partial charge < -0.3 is 10.1 Å². The predicted molar refractivity (Wildman–Crippen MR) is 138 cm³/mol. The van der Waals surface area contributed by atoms with Crippen molar-refractivity contribution in [1.82, 2.24) is 9.55 Å². The lowest BCUT2D eigenvalue weighted by Crippen LogP contribution is -2.26. The number of aromatic nitrogens is 2. The Morgan fingerprint density at radius 3 is 2.56 bits per heavy atom. The molecule has 6 nitrogen and oxygen atoms in total. The van der Waals surface area contributed by atoms with Gasteiger partial charge in [0.2, 0.25) is 5.91 Å². The molecule has 34 heavy (non-hydrogen) atoms. The third-order valence-electron chi connectivity index (χ3n) is 5.59. The van der Waals surface area contributed by atoms with Crippen LogP contribution in [0.25, 0.3) is 16.6 Å². The number of ether oxygens (including phenoxy) is 1. The summed E-state index contributed by atoms with van der Waals surface area (Å²) in [6.07, 6.45) is 0. The first-order valence-electron chi connectivity index (χ1n) is 11.2. The first kappa shape index (κ1) is 23.6. The lowest BCUT2D eigenvalue weighted by atomic mass is 10.1. The van der Waals surface area contributed by atoms with Gasteiger partial charge in [-0.25, -0.2) is 4.98 Å². The molecule has 174 valence electrons. The molecule has 0 saturated carbocycles. The molecule has 0 bridgehead atoms. The fourth-order valence-corrected chi connectivity index (χ4v) is 4.51. The second kappa shape index (κ2) is 10.1. The molecule has 0 aliphatic carbocycles. The van der Waals surface area contributed by atoms with E-state index in [1.54, 1.807) is 23.6 Å². The van der Waals surface area contributed by atoms with Gasteiger partial charge in [0.25, 0.3) is 5.56 Å². The summed E-state index contributed by atoms with van der Waals surface area (Å²) in [6, 6.07) is 20.5. The highest BCUT2D eigenvalue weighted by molar-refractivity contribution is 8.00. The Labute approximate surface area is 203 Å². The largest absolute Gasteiger partial charge is 0.492 e. The molecule has 0 radical (unpaired) electrons. The minimum atomic E-state index is -0.513. The normalized spacial score (nSPS) is 11.9. The minimum Gasteiger partial charge on any atom is -0.492 e. The summed E-state index contributed by atoms with van der Waals surface area (Å²) in [5.74, 6) is 0.414. The second-order valence-electron chi connectivity index (χ2n) is 8.00. The van der Waals surface area contributed by atoms with Crippen molar-refractivity contribution in [2.45, 2.75) is 38.1 Å². The van der Waals surface area contributed by atoms with E-state index < -0.39 is 5.25 Å². The third-order valence-corrected chi connectivity index (χ3v) is 6.64. The number of nitrogens with one attached hydrogen (secondary N) is 1. The van der Waals surface area contributed by atoms with Crippen LogP contribution in [-0.4, -0.2) is 27.3 Å². The van der Waals surface area contributed by atoms with Crippen molar-refractivity contribution in [1.29, 1.82) is 0 Å². The van der Waals surface area contributed by atoms with Gasteiger partial charge in [0, 0.05) is 0 Å². The van der Waals surface area contributed by atoms with Crippen molar-refractivity contribution in [3.63, 3.8) is 0 Å². The fourth-order valence-electron chi connectivity index (χ4n) is 3.58. The summed E-state index contributed by atoms with van der Waals surface area (Å²) in [6.45, 7) is 8.24. The summed E-state index contributed by atoms with van der Waals surface area (Å²) in [5, 5.41) is 3.43. The molecule has 1 heterocycles. The maximum absolute atomic E-state index is 13.5. The second-order valence-corrected chi connectivity index (χ2v) is 9.31. The summed E-state index contributed by atoms with van der Waals surface area (Å²) in [7, 11) is 0. The molecule has 0 saturated heterocycles. The molecule has 1 atom stereocenters. The van der Waals surface area contributed by atoms with Gasteiger partial charge >= 0.3 is 0 Å². The number of aryl methyl sites for hydroxylation is 2. The van der Waals surface area contributed by atoms with Crippen molar-refractivity contribution in [2.24, 2.45) is 0 Å². The molecule has 0 spiro atoms. The standard InChI is InChI=1S/C27H27N3O3S/c1-5-33-24-13-9-8-12-23(24)28-25(31)19(4)34-27-29-22-11-7-6-10-21(22)26(32)30(27)20-15-14-17(2)18(3)16-20/h6-16,19H,5H2,1-4H3,(H,28,31). The van der Waals surface area contributed by atoms with E-state index >= 15 is 0 Å². The Hall–Kier alpha value is -3.58. The van der Waals surface area contributed by atoms with Gasteiger partial charge in [0.1, 0.15) is 5.75 Å². The molecule has 3 aromatic carbocycles. The molecule has 7 heteroatoms. The Balaban J connectivity index is 1.71. The number of anilines is 1. The van der Waals surface area contributed by atoms with Gasteiger partial charge in [-0.3, -0.25) is 14.2 Å². The van der Waals surface area contributed by atoms with E-state index in [2.05, 4.69) is 5.32 Å². The smallest absolute Gasteiger partial charge is 0.266 e. The number of thioether (sulfide) groups is 1. The van der Waals surface area contributed by atoms with E-state index in [9.17, 15) is 9.59 Å². The number of fused-ring (bicyclic) bond motifs is 1. The van der Waals surface area contributed by atoms with Crippen LogP contribution in [-0.2, 0) is 4.79 Å². The van der Waals surface area contributed by atoms with Crippen LogP contribution >= 0.6 is 11.8 Å². The molecule has 1 aromatic heterocycles. The van der Waals surface area contributed by atoms with Crippen molar-refractivity contribution in [2.75, 3.05) is 11.9 Å². The summed E-state index contributed by atoms with van der Waals surface area (Å²) in [4.78, 5) is 31.3. The molecule has 0 aliphatic heterocycles. The average Bonchev–Trinajstić information content (AvgIpc) is 2.82. The van der Waals surface area contributed by atoms with Gasteiger partial charge in [0.15, 0.2) is 5.16 Å². The summed E-state index contributed by atoms with van der Waals surface area (Å²) < 4.78 is 7.21. The molecule has 4 rings (SSSR count). The molecule has 0 aliphatic rings. The highest BCUT2D eigenvalue weighted by Crippen LogP contribution is 2.28. The summed E-state index contributed by atoms with van der Waals surface area (Å²) >= 11 is 1.25. The highest BCUT2D eigenvalue weighted by atomic mass is 32.2. The number of nitrogens with zero attached hydrogens (tertiary/aromatic N) is 2. The van der Waals surface area contributed by atoms with Crippen molar-refractivity contribution < 1.29 is 9.53 Å². The topological polar surface area (TPSA) is 73.2 Å². The Kier molecular flexibility index (Phi) is 7.03. The first-order valence-corrected chi connectivity index (χ1v) is 12.1. The number of rotatable bonds is 7.